The van der Waals surface area contributed by atoms with Gasteiger partial charge in [-0.15, -0.1) is 0 Å². The second-order valence-corrected chi connectivity index (χ2v) is 9.22. The standard InChI is InChI=1S/C14H22N2O4S2/c1-3-12-6-8-14(9-7-12)22(19,20)15-11-13-5-4-10-16(13)21(2,17)18/h6-9,13,15H,3-5,10-11H2,1-2H3. The number of aryl methyl sites for hydroxylation is 1. The van der Waals surface area contributed by atoms with E-state index in [2.05, 4.69) is 4.72 Å². The fourth-order valence-electron chi connectivity index (χ4n) is 2.64. The molecule has 8 heteroatoms. The summed E-state index contributed by atoms with van der Waals surface area (Å²) in [5.41, 5.74) is 1.07. The molecule has 0 aromatic heterocycles. The first kappa shape index (κ1) is 17.4. The highest BCUT2D eigenvalue weighted by atomic mass is 32.2. The number of sulfonamides is 2. The van der Waals surface area contributed by atoms with Crippen LogP contribution in [0.3, 0.4) is 0 Å². The van der Waals surface area contributed by atoms with Crippen molar-refractivity contribution in [2.24, 2.45) is 0 Å². The van der Waals surface area contributed by atoms with Crippen molar-refractivity contribution in [1.82, 2.24) is 9.03 Å². The van der Waals surface area contributed by atoms with Gasteiger partial charge >= 0.3 is 0 Å². The van der Waals surface area contributed by atoms with E-state index in [-0.39, 0.29) is 17.5 Å². The van der Waals surface area contributed by atoms with E-state index in [0.717, 1.165) is 24.7 Å². The summed E-state index contributed by atoms with van der Waals surface area (Å²) in [6, 6.07) is 6.41. The van der Waals surface area contributed by atoms with Crippen LogP contribution in [0, 0.1) is 0 Å². The molecule has 2 rings (SSSR count). The van der Waals surface area contributed by atoms with E-state index in [1.165, 1.54) is 4.31 Å². The van der Waals surface area contributed by atoms with E-state index >= 15 is 0 Å². The van der Waals surface area contributed by atoms with Gasteiger partial charge in [-0.2, -0.15) is 4.31 Å². The molecule has 1 aliphatic rings. The van der Waals surface area contributed by atoms with Crippen molar-refractivity contribution >= 4 is 20.0 Å². The van der Waals surface area contributed by atoms with Crippen molar-refractivity contribution in [1.29, 1.82) is 0 Å². The van der Waals surface area contributed by atoms with Crippen LogP contribution in [0.5, 0.6) is 0 Å². The Morgan fingerprint density at radius 2 is 1.82 bits per heavy atom. The fourth-order valence-corrected chi connectivity index (χ4v) is 4.90. The first-order chi connectivity index (χ1) is 10.2. The van der Waals surface area contributed by atoms with Gasteiger partial charge in [0.05, 0.1) is 11.2 Å². The molecule has 1 saturated heterocycles. The van der Waals surface area contributed by atoms with Gasteiger partial charge in [-0.05, 0) is 37.0 Å². The third-order valence-corrected chi connectivity index (χ3v) is 6.67. The minimum absolute atomic E-state index is 0.102. The van der Waals surface area contributed by atoms with Crippen molar-refractivity contribution in [2.45, 2.75) is 37.1 Å². The van der Waals surface area contributed by atoms with Crippen LogP contribution in [0.15, 0.2) is 29.2 Å². The van der Waals surface area contributed by atoms with E-state index in [1.807, 2.05) is 6.92 Å². The Morgan fingerprint density at radius 3 is 2.36 bits per heavy atom. The second-order valence-electron chi connectivity index (χ2n) is 5.52. The predicted octanol–water partition coefficient (Wildman–Crippen LogP) is 0.951. The van der Waals surface area contributed by atoms with Crippen LogP contribution in [0.2, 0.25) is 0 Å². The average molecular weight is 346 g/mol. The lowest BCUT2D eigenvalue weighted by Gasteiger charge is -2.22. The lowest BCUT2D eigenvalue weighted by atomic mass is 10.2. The van der Waals surface area contributed by atoms with Crippen molar-refractivity contribution in [3.8, 4) is 0 Å². The Morgan fingerprint density at radius 1 is 1.18 bits per heavy atom. The highest BCUT2D eigenvalue weighted by Gasteiger charge is 2.32. The Hall–Kier alpha value is -0.960. The number of benzene rings is 1. The summed E-state index contributed by atoms with van der Waals surface area (Å²) < 4.78 is 51.7. The van der Waals surface area contributed by atoms with Gasteiger partial charge in [0.1, 0.15) is 0 Å². The van der Waals surface area contributed by atoms with Crippen LogP contribution in [0.25, 0.3) is 0 Å². The van der Waals surface area contributed by atoms with Gasteiger partial charge in [-0.25, -0.2) is 21.6 Å². The van der Waals surface area contributed by atoms with E-state index in [1.54, 1.807) is 24.3 Å². The van der Waals surface area contributed by atoms with Crippen LogP contribution in [0.4, 0.5) is 0 Å². The van der Waals surface area contributed by atoms with Crippen molar-refractivity contribution in [3.05, 3.63) is 29.8 Å². The maximum Gasteiger partial charge on any atom is 0.240 e. The molecule has 0 amide bonds. The Kier molecular flexibility index (Phi) is 5.26. The van der Waals surface area contributed by atoms with Gasteiger partial charge in [0, 0.05) is 19.1 Å². The third-order valence-electron chi connectivity index (χ3n) is 3.90. The van der Waals surface area contributed by atoms with E-state index in [4.69, 9.17) is 0 Å². The number of nitrogens with zero attached hydrogens (tertiary/aromatic N) is 1. The molecule has 1 unspecified atom stereocenters. The SMILES string of the molecule is CCc1ccc(S(=O)(=O)NCC2CCCN2S(C)(=O)=O)cc1. The summed E-state index contributed by atoms with van der Waals surface area (Å²) in [5, 5.41) is 0. The van der Waals surface area contributed by atoms with Crippen molar-refractivity contribution < 1.29 is 16.8 Å². The first-order valence-electron chi connectivity index (χ1n) is 7.29. The van der Waals surface area contributed by atoms with E-state index in [9.17, 15) is 16.8 Å². The maximum atomic E-state index is 12.3. The molecule has 0 aliphatic carbocycles. The van der Waals surface area contributed by atoms with E-state index < -0.39 is 20.0 Å². The number of hydrogen-bond acceptors (Lipinski definition) is 4. The molecule has 124 valence electrons. The molecule has 1 aromatic carbocycles. The van der Waals surface area contributed by atoms with Gasteiger partial charge in [0.2, 0.25) is 20.0 Å². The zero-order chi connectivity index (χ0) is 16.4. The molecule has 0 bridgehead atoms. The lowest BCUT2D eigenvalue weighted by molar-refractivity contribution is 0.388. The van der Waals surface area contributed by atoms with Crippen LogP contribution in [-0.4, -0.2) is 46.5 Å². The first-order valence-corrected chi connectivity index (χ1v) is 10.6. The molecule has 22 heavy (non-hydrogen) atoms. The number of nitrogens with one attached hydrogen (secondary N) is 1. The molecule has 6 nitrogen and oxygen atoms in total. The lowest BCUT2D eigenvalue weighted by Crippen LogP contribution is -2.42. The van der Waals surface area contributed by atoms with Crippen LogP contribution in [-0.2, 0) is 26.5 Å². The summed E-state index contributed by atoms with van der Waals surface area (Å²) in [6.45, 7) is 2.56. The molecule has 1 N–H and O–H groups in total. The molecule has 1 aliphatic heterocycles. The van der Waals surface area contributed by atoms with Crippen LogP contribution in [0.1, 0.15) is 25.3 Å². The quantitative estimate of drug-likeness (QED) is 0.831. The van der Waals surface area contributed by atoms with Gasteiger partial charge in [-0.1, -0.05) is 19.1 Å². The Bertz CT molecular complexity index is 712. The van der Waals surface area contributed by atoms with Crippen LogP contribution < -0.4 is 4.72 Å². The monoisotopic (exact) mass is 346 g/mol. The van der Waals surface area contributed by atoms with E-state index in [0.29, 0.717) is 13.0 Å². The third kappa shape index (κ3) is 4.07. The number of hydrogen-bond donors (Lipinski definition) is 1. The summed E-state index contributed by atoms with van der Waals surface area (Å²) in [5.74, 6) is 0. The molecule has 1 aromatic rings. The summed E-state index contributed by atoms with van der Waals surface area (Å²) in [7, 11) is -6.91. The molecular formula is C14H22N2O4S2. The number of rotatable bonds is 6. The highest BCUT2D eigenvalue weighted by Crippen LogP contribution is 2.20. The molecule has 0 radical (unpaired) electrons. The zero-order valence-electron chi connectivity index (χ0n) is 12.8. The van der Waals surface area contributed by atoms with Crippen molar-refractivity contribution in [2.75, 3.05) is 19.3 Å². The molecule has 1 fully saturated rings. The normalized spacial score (nSPS) is 20.4. The minimum Gasteiger partial charge on any atom is -0.212 e. The summed E-state index contributed by atoms with van der Waals surface area (Å²) >= 11 is 0. The Balaban J connectivity index is 2.06. The minimum atomic E-state index is -3.61. The van der Waals surface area contributed by atoms with Gasteiger partial charge in [0.15, 0.2) is 0 Å². The molecule has 1 atom stereocenters. The molecule has 0 spiro atoms. The summed E-state index contributed by atoms with van der Waals surface area (Å²) in [6.07, 6.45) is 3.43. The van der Waals surface area contributed by atoms with Gasteiger partial charge < -0.3 is 0 Å². The molecule has 1 heterocycles. The Labute approximate surface area is 132 Å². The highest BCUT2D eigenvalue weighted by molar-refractivity contribution is 7.89. The topological polar surface area (TPSA) is 83.6 Å². The van der Waals surface area contributed by atoms with Crippen LogP contribution >= 0.6 is 0 Å². The largest absolute Gasteiger partial charge is 0.240 e. The van der Waals surface area contributed by atoms with Crippen molar-refractivity contribution in [3.63, 3.8) is 0 Å². The molecule has 0 saturated carbocycles. The zero-order valence-corrected chi connectivity index (χ0v) is 14.5. The summed E-state index contributed by atoms with van der Waals surface area (Å²) in [4.78, 5) is 0.202. The maximum absolute atomic E-state index is 12.3. The second kappa shape index (κ2) is 6.66. The van der Waals surface area contributed by atoms with Gasteiger partial charge in [-0.3, -0.25) is 0 Å². The average Bonchev–Trinajstić information content (AvgIpc) is 2.94. The molecular weight excluding hydrogens is 324 g/mol. The smallest absolute Gasteiger partial charge is 0.212 e. The predicted molar refractivity (Wildman–Crippen MR) is 85.6 cm³/mol. The van der Waals surface area contributed by atoms with Gasteiger partial charge in [0.25, 0.3) is 0 Å². The fraction of sp³-hybridized carbons (Fsp3) is 0.571.